The number of hydrogen-bond donors (Lipinski definition) is 1. The molecule has 3 nitrogen and oxygen atoms in total. The van der Waals surface area contributed by atoms with Gasteiger partial charge in [-0.05, 0) is 18.6 Å². The van der Waals surface area contributed by atoms with E-state index in [4.69, 9.17) is 16.9 Å². The summed E-state index contributed by atoms with van der Waals surface area (Å²) in [6.45, 7) is 0.789. The molecular formula is C9H10ClN3. The number of nitrogens with one attached hydrogen (secondary N) is 1. The summed E-state index contributed by atoms with van der Waals surface area (Å²) >= 11 is 5.61. The molecule has 1 aromatic heterocycles. The highest BCUT2D eigenvalue weighted by molar-refractivity contribution is 6.29. The van der Waals surface area contributed by atoms with Gasteiger partial charge in [-0.15, -0.1) is 0 Å². The lowest BCUT2D eigenvalue weighted by molar-refractivity contribution is 0.896. The van der Waals surface area contributed by atoms with Crippen LogP contribution in [0.4, 0.5) is 5.69 Å². The number of hydrogen-bond acceptors (Lipinski definition) is 3. The molecule has 0 bridgehead atoms. The van der Waals surface area contributed by atoms with Crippen molar-refractivity contribution < 1.29 is 0 Å². The van der Waals surface area contributed by atoms with E-state index in [1.807, 2.05) is 6.07 Å². The molecule has 0 fully saturated rings. The first-order chi connectivity index (χ1) is 6.33. The summed E-state index contributed by atoms with van der Waals surface area (Å²) in [6.07, 6.45) is 3.10. The van der Waals surface area contributed by atoms with Crippen molar-refractivity contribution in [3.63, 3.8) is 0 Å². The maximum atomic E-state index is 8.29. The van der Waals surface area contributed by atoms with E-state index in [0.717, 1.165) is 18.7 Å². The van der Waals surface area contributed by atoms with Gasteiger partial charge in [0, 0.05) is 13.0 Å². The van der Waals surface area contributed by atoms with Gasteiger partial charge < -0.3 is 5.32 Å². The molecular weight excluding hydrogens is 186 g/mol. The topological polar surface area (TPSA) is 48.7 Å². The standard InChI is InChI=1S/C9H10ClN3/c10-9-4-3-8(7-13-9)12-6-2-1-5-11/h3-4,7,12H,1-2,6H2. The number of aromatic nitrogens is 1. The third-order valence-corrected chi connectivity index (χ3v) is 1.75. The Morgan fingerprint density at radius 2 is 2.38 bits per heavy atom. The molecule has 0 aromatic carbocycles. The minimum absolute atomic E-state index is 0.488. The van der Waals surface area contributed by atoms with Gasteiger partial charge in [-0.3, -0.25) is 0 Å². The molecule has 0 saturated heterocycles. The number of halogens is 1. The fourth-order valence-electron chi connectivity index (χ4n) is 0.881. The maximum Gasteiger partial charge on any atom is 0.129 e. The van der Waals surface area contributed by atoms with E-state index in [-0.39, 0.29) is 0 Å². The number of unbranched alkanes of at least 4 members (excludes halogenated alkanes) is 1. The van der Waals surface area contributed by atoms with Crippen LogP contribution in [-0.2, 0) is 0 Å². The van der Waals surface area contributed by atoms with Crippen molar-refractivity contribution in [1.29, 1.82) is 5.26 Å². The minimum atomic E-state index is 0.488. The van der Waals surface area contributed by atoms with E-state index in [0.29, 0.717) is 11.6 Å². The van der Waals surface area contributed by atoms with Crippen molar-refractivity contribution in [2.45, 2.75) is 12.8 Å². The maximum absolute atomic E-state index is 8.29. The summed E-state index contributed by atoms with van der Waals surface area (Å²) in [7, 11) is 0. The van der Waals surface area contributed by atoms with Crippen LogP contribution in [0.2, 0.25) is 5.15 Å². The summed E-state index contributed by atoms with van der Waals surface area (Å²) in [6, 6.07) is 5.68. The fourth-order valence-corrected chi connectivity index (χ4v) is 0.992. The highest BCUT2D eigenvalue weighted by Crippen LogP contribution is 2.09. The van der Waals surface area contributed by atoms with Crippen LogP contribution in [0, 0.1) is 11.3 Å². The minimum Gasteiger partial charge on any atom is -0.384 e. The van der Waals surface area contributed by atoms with Gasteiger partial charge in [-0.2, -0.15) is 5.26 Å². The highest BCUT2D eigenvalue weighted by atomic mass is 35.5. The zero-order valence-corrected chi connectivity index (χ0v) is 7.88. The molecule has 0 atom stereocenters. The monoisotopic (exact) mass is 195 g/mol. The molecule has 13 heavy (non-hydrogen) atoms. The molecule has 68 valence electrons. The Bertz CT molecular complexity index is 289. The predicted octanol–water partition coefficient (Wildman–Crippen LogP) is 2.45. The van der Waals surface area contributed by atoms with E-state index < -0.39 is 0 Å². The lowest BCUT2D eigenvalue weighted by atomic mass is 10.3. The largest absolute Gasteiger partial charge is 0.384 e. The molecule has 0 radical (unpaired) electrons. The second-order valence-electron chi connectivity index (χ2n) is 2.56. The zero-order chi connectivity index (χ0) is 9.52. The van der Waals surface area contributed by atoms with Crippen LogP contribution in [0.3, 0.4) is 0 Å². The van der Waals surface area contributed by atoms with E-state index in [1.165, 1.54) is 0 Å². The Kier molecular flexibility index (Phi) is 4.07. The zero-order valence-electron chi connectivity index (χ0n) is 7.13. The van der Waals surface area contributed by atoms with E-state index >= 15 is 0 Å². The summed E-state index contributed by atoms with van der Waals surface area (Å²) in [5.41, 5.74) is 0.933. The second kappa shape index (κ2) is 5.39. The van der Waals surface area contributed by atoms with Crippen LogP contribution < -0.4 is 5.32 Å². The molecule has 1 heterocycles. The Hall–Kier alpha value is -1.27. The van der Waals surface area contributed by atoms with Crippen LogP contribution in [-0.4, -0.2) is 11.5 Å². The molecule has 0 saturated carbocycles. The van der Waals surface area contributed by atoms with Gasteiger partial charge in [0.1, 0.15) is 5.15 Å². The van der Waals surface area contributed by atoms with E-state index in [2.05, 4.69) is 16.4 Å². The molecule has 0 unspecified atom stereocenters. The van der Waals surface area contributed by atoms with Crippen LogP contribution in [0.1, 0.15) is 12.8 Å². The average Bonchev–Trinajstić information content (AvgIpc) is 2.15. The van der Waals surface area contributed by atoms with Gasteiger partial charge in [0.25, 0.3) is 0 Å². The number of nitrogens with zero attached hydrogens (tertiary/aromatic N) is 2. The smallest absolute Gasteiger partial charge is 0.129 e. The second-order valence-corrected chi connectivity index (χ2v) is 2.95. The van der Waals surface area contributed by atoms with Gasteiger partial charge in [0.15, 0.2) is 0 Å². The lowest BCUT2D eigenvalue weighted by Gasteiger charge is -2.03. The highest BCUT2D eigenvalue weighted by Gasteiger charge is 1.92. The summed E-state index contributed by atoms with van der Waals surface area (Å²) in [4.78, 5) is 3.92. The van der Waals surface area contributed by atoms with Crippen molar-refractivity contribution in [3.8, 4) is 6.07 Å². The van der Waals surface area contributed by atoms with Crippen LogP contribution >= 0.6 is 11.6 Å². The number of nitriles is 1. The first kappa shape index (κ1) is 9.82. The number of anilines is 1. The summed E-state index contributed by atoms with van der Waals surface area (Å²) < 4.78 is 0. The Balaban J connectivity index is 2.30. The van der Waals surface area contributed by atoms with Crippen LogP contribution in [0.5, 0.6) is 0 Å². The first-order valence-corrected chi connectivity index (χ1v) is 4.43. The fraction of sp³-hybridized carbons (Fsp3) is 0.333. The predicted molar refractivity (Wildman–Crippen MR) is 52.6 cm³/mol. The summed E-state index contributed by atoms with van der Waals surface area (Å²) in [5, 5.41) is 11.9. The van der Waals surface area contributed by atoms with Gasteiger partial charge in [0.05, 0.1) is 18.0 Å². The Labute approximate surface area is 82.4 Å². The third-order valence-electron chi connectivity index (χ3n) is 1.52. The summed E-state index contributed by atoms with van der Waals surface area (Å²) in [5.74, 6) is 0. The van der Waals surface area contributed by atoms with Crippen molar-refractivity contribution in [2.24, 2.45) is 0 Å². The molecule has 1 N–H and O–H groups in total. The van der Waals surface area contributed by atoms with Crippen LogP contribution in [0.25, 0.3) is 0 Å². The molecule has 0 spiro atoms. The van der Waals surface area contributed by atoms with Crippen molar-refractivity contribution >= 4 is 17.3 Å². The number of pyridine rings is 1. The molecule has 1 aromatic rings. The van der Waals surface area contributed by atoms with Crippen molar-refractivity contribution in [3.05, 3.63) is 23.5 Å². The van der Waals surface area contributed by atoms with Gasteiger partial charge in [-0.25, -0.2) is 4.98 Å². The van der Waals surface area contributed by atoms with Gasteiger partial charge in [0.2, 0.25) is 0 Å². The Morgan fingerprint density at radius 1 is 1.54 bits per heavy atom. The lowest BCUT2D eigenvalue weighted by Crippen LogP contribution is -2.00. The van der Waals surface area contributed by atoms with Crippen molar-refractivity contribution in [1.82, 2.24) is 4.98 Å². The third kappa shape index (κ3) is 3.77. The van der Waals surface area contributed by atoms with Gasteiger partial charge >= 0.3 is 0 Å². The first-order valence-electron chi connectivity index (χ1n) is 4.05. The molecule has 0 aliphatic carbocycles. The molecule has 0 aliphatic heterocycles. The molecule has 4 heteroatoms. The molecule has 0 aliphatic rings. The SMILES string of the molecule is N#CCCCNc1ccc(Cl)nc1. The van der Waals surface area contributed by atoms with E-state index in [9.17, 15) is 0 Å². The average molecular weight is 196 g/mol. The van der Waals surface area contributed by atoms with Gasteiger partial charge in [-0.1, -0.05) is 11.6 Å². The van der Waals surface area contributed by atoms with E-state index in [1.54, 1.807) is 12.3 Å². The number of rotatable bonds is 4. The normalized spacial score (nSPS) is 9.23. The van der Waals surface area contributed by atoms with Crippen molar-refractivity contribution in [2.75, 3.05) is 11.9 Å². The quantitative estimate of drug-likeness (QED) is 0.593. The molecule has 0 amide bonds. The van der Waals surface area contributed by atoms with Crippen LogP contribution in [0.15, 0.2) is 18.3 Å². The molecule has 1 rings (SSSR count). The Morgan fingerprint density at radius 3 is 3.00 bits per heavy atom.